The van der Waals surface area contributed by atoms with Gasteiger partial charge in [0.15, 0.2) is 4.34 Å². The summed E-state index contributed by atoms with van der Waals surface area (Å²) in [5.74, 6) is -1.05. The number of fused-ring (bicyclic) bond motifs is 1. The molecule has 14 heteroatoms. The largest absolute Gasteiger partial charge is 0.478 e. The first kappa shape index (κ1) is 25.6. The fraction of sp³-hybridized carbons (Fsp3) is 0.0476. The number of nitrogens with zero attached hydrogens (tertiary/aromatic N) is 1. The van der Waals surface area contributed by atoms with Gasteiger partial charge < -0.3 is 5.11 Å². The number of aromatic nitrogens is 1. The quantitative estimate of drug-likeness (QED) is 0.249. The van der Waals surface area contributed by atoms with Gasteiger partial charge in [0, 0.05) is 4.90 Å². The van der Waals surface area contributed by atoms with E-state index in [2.05, 4.69) is 9.71 Å². The molecule has 0 fully saturated rings. The monoisotopic (exact) mass is 578 g/mol. The Labute approximate surface area is 214 Å². The number of sulfonamides is 1. The maximum atomic E-state index is 12.8. The van der Waals surface area contributed by atoms with Gasteiger partial charge >= 0.3 is 12.1 Å². The third-order valence-corrected chi connectivity index (χ3v) is 8.99. The summed E-state index contributed by atoms with van der Waals surface area (Å²) in [5, 5.41) is 8.74. The topological polar surface area (TPSA) is 96.4 Å². The Morgan fingerprint density at radius 3 is 2.40 bits per heavy atom. The molecule has 35 heavy (non-hydrogen) atoms. The summed E-state index contributed by atoms with van der Waals surface area (Å²) in [6, 6.07) is 10.8. The van der Waals surface area contributed by atoms with Crippen molar-refractivity contribution < 1.29 is 31.5 Å². The highest BCUT2D eigenvalue weighted by atomic mass is 35.5. The lowest BCUT2D eigenvalue weighted by Crippen LogP contribution is -2.14. The molecule has 0 aliphatic carbocycles. The van der Waals surface area contributed by atoms with E-state index in [0.29, 0.717) is 31.6 Å². The van der Waals surface area contributed by atoms with Crippen LogP contribution in [0.1, 0.15) is 15.9 Å². The maximum absolute atomic E-state index is 12.8. The van der Waals surface area contributed by atoms with Crippen LogP contribution in [0.5, 0.6) is 0 Å². The molecule has 0 bridgehead atoms. The second kappa shape index (κ2) is 9.51. The van der Waals surface area contributed by atoms with E-state index in [9.17, 15) is 26.4 Å². The highest BCUT2D eigenvalue weighted by Gasteiger charge is 2.32. The number of hydrogen-bond donors (Lipinski definition) is 2. The maximum Gasteiger partial charge on any atom is 0.416 e. The van der Waals surface area contributed by atoms with Gasteiger partial charge in [-0.3, -0.25) is 4.72 Å². The first-order chi connectivity index (χ1) is 16.3. The number of carboxylic acid groups (broad SMARTS) is 1. The highest BCUT2D eigenvalue weighted by Crippen LogP contribution is 2.39. The second-order valence-corrected chi connectivity index (χ2v) is 11.7. The van der Waals surface area contributed by atoms with Crippen molar-refractivity contribution in [1.29, 1.82) is 0 Å². The Morgan fingerprint density at radius 1 is 1.03 bits per heavy atom. The van der Waals surface area contributed by atoms with Gasteiger partial charge in [-0.05, 0) is 54.6 Å². The molecule has 4 aromatic rings. The molecule has 0 radical (unpaired) electrons. The molecule has 3 aromatic carbocycles. The van der Waals surface area contributed by atoms with Crippen LogP contribution in [0.25, 0.3) is 10.2 Å². The Hall–Kier alpha value is -2.51. The van der Waals surface area contributed by atoms with Crippen LogP contribution in [0.3, 0.4) is 0 Å². The summed E-state index contributed by atoms with van der Waals surface area (Å²) in [5.41, 5.74) is -0.234. The number of alkyl halides is 3. The van der Waals surface area contributed by atoms with Gasteiger partial charge in [0.1, 0.15) is 4.90 Å². The number of hydrogen-bond acceptors (Lipinski definition) is 6. The molecular formula is C21H11Cl2F3N2O4S3. The first-order valence-corrected chi connectivity index (χ1v) is 13.2. The molecule has 0 saturated heterocycles. The van der Waals surface area contributed by atoms with Crippen LogP contribution in [0.4, 0.5) is 18.9 Å². The number of carbonyl (C=O) groups is 1. The molecule has 1 aromatic heterocycles. The van der Waals surface area contributed by atoms with Gasteiger partial charge in [0.05, 0.1) is 37.1 Å². The normalized spacial score (nSPS) is 12.1. The fourth-order valence-corrected chi connectivity index (χ4v) is 6.88. The standard InChI is InChI=1S/C21H11Cl2F3N2O4S3/c22-13-9-12(28-35(31,32)18-6-2-11(8-14(18)23)21(24,25)26)3-5-16(13)33-20-27-15-4-1-10(19(29)30)7-17(15)34-20/h1-9,28H,(H,29,30). The Bertz CT molecular complexity index is 1570. The molecule has 182 valence electrons. The minimum absolute atomic E-state index is 0.0747. The van der Waals surface area contributed by atoms with Crippen LogP contribution in [0.2, 0.25) is 10.0 Å². The number of halogens is 5. The average molecular weight is 579 g/mol. The Morgan fingerprint density at radius 2 is 1.77 bits per heavy atom. The molecule has 0 unspecified atom stereocenters. The molecule has 1 heterocycles. The van der Waals surface area contributed by atoms with Gasteiger partial charge in [-0.25, -0.2) is 18.2 Å². The second-order valence-electron chi connectivity index (χ2n) is 6.96. The number of thiazole rings is 1. The van der Waals surface area contributed by atoms with Crippen LogP contribution in [0.15, 0.2) is 68.7 Å². The van der Waals surface area contributed by atoms with Gasteiger partial charge in [-0.1, -0.05) is 35.0 Å². The van der Waals surface area contributed by atoms with Crippen LogP contribution in [0, 0.1) is 0 Å². The molecule has 0 aliphatic rings. The van der Waals surface area contributed by atoms with Crippen molar-refractivity contribution >= 4 is 78.2 Å². The zero-order chi connectivity index (χ0) is 25.5. The lowest BCUT2D eigenvalue weighted by atomic mass is 10.2. The van der Waals surface area contributed by atoms with Crippen LogP contribution in [-0.2, 0) is 16.2 Å². The molecule has 6 nitrogen and oxygen atoms in total. The zero-order valence-corrected chi connectivity index (χ0v) is 20.9. The predicted octanol–water partition coefficient (Wildman–Crippen LogP) is 7.27. The molecule has 0 saturated carbocycles. The molecule has 0 spiro atoms. The van der Waals surface area contributed by atoms with Gasteiger partial charge in [-0.15, -0.1) is 11.3 Å². The van der Waals surface area contributed by atoms with Gasteiger partial charge in [0.2, 0.25) is 0 Å². The molecule has 0 amide bonds. The van der Waals surface area contributed by atoms with E-state index in [4.69, 9.17) is 28.3 Å². The molecular weight excluding hydrogens is 568 g/mol. The van der Waals surface area contributed by atoms with E-state index < -0.39 is 37.7 Å². The number of rotatable bonds is 6. The zero-order valence-electron chi connectivity index (χ0n) is 16.9. The van der Waals surface area contributed by atoms with Crippen LogP contribution < -0.4 is 4.72 Å². The van der Waals surface area contributed by atoms with Crippen molar-refractivity contribution in [2.24, 2.45) is 0 Å². The van der Waals surface area contributed by atoms with Crippen molar-refractivity contribution in [3.05, 3.63) is 75.8 Å². The van der Waals surface area contributed by atoms with Crippen molar-refractivity contribution in [3.63, 3.8) is 0 Å². The van der Waals surface area contributed by atoms with E-state index in [0.717, 1.165) is 6.07 Å². The minimum atomic E-state index is -4.66. The number of aromatic carboxylic acids is 1. The SMILES string of the molecule is O=C(O)c1ccc2nc(Sc3ccc(NS(=O)(=O)c4ccc(C(F)(F)F)cc4Cl)cc3Cl)sc2c1. The summed E-state index contributed by atoms with van der Waals surface area (Å²) < 4.78 is 67.3. The van der Waals surface area contributed by atoms with Gasteiger partial charge in [-0.2, -0.15) is 13.2 Å². The summed E-state index contributed by atoms with van der Waals surface area (Å²) in [7, 11) is -4.30. The van der Waals surface area contributed by atoms with E-state index in [-0.39, 0.29) is 16.3 Å². The van der Waals surface area contributed by atoms with Crippen molar-refractivity contribution in [2.75, 3.05) is 4.72 Å². The van der Waals surface area contributed by atoms with Crippen LogP contribution in [-0.4, -0.2) is 24.5 Å². The number of carboxylic acids is 1. The summed E-state index contributed by atoms with van der Waals surface area (Å²) >= 11 is 14.6. The smallest absolute Gasteiger partial charge is 0.416 e. The van der Waals surface area contributed by atoms with E-state index in [1.807, 2.05) is 0 Å². The molecule has 0 atom stereocenters. The third-order valence-electron chi connectivity index (χ3n) is 4.55. The molecule has 0 aliphatic heterocycles. The first-order valence-electron chi connectivity index (χ1n) is 9.34. The lowest BCUT2D eigenvalue weighted by Gasteiger charge is -2.13. The number of nitrogens with one attached hydrogen (secondary N) is 1. The molecule has 4 rings (SSSR count). The lowest BCUT2D eigenvalue weighted by molar-refractivity contribution is -0.137. The van der Waals surface area contributed by atoms with Crippen molar-refractivity contribution in [3.8, 4) is 0 Å². The summed E-state index contributed by atoms with van der Waals surface area (Å²) in [6.07, 6.45) is -4.66. The number of anilines is 1. The van der Waals surface area contributed by atoms with E-state index in [1.54, 1.807) is 12.1 Å². The van der Waals surface area contributed by atoms with Crippen LogP contribution >= 0.6 is 46.3 Å². The Kier molecular flexibility index (Phi) is 6.95. The molecule has 2 N–H and O–H groups in total. The highest BCUT2D eigenvalue weighted by molar-refractivity contribution is 8.01. The minimum Gasteiger partial charge on any atom is -0.478 e. The Balaban J connectivity index is 1.54. The fourth-order valence-electron chi connectivity index (χ4n) is 2.93. The van der Waals surface area contributed by atoms with Crippen molar-refractivity contribution in [1.82, 2.24) is 4.98 Å². The van der Waals surface area contributed by atoms with E-state index in [1.165, 1.54) is 47.4 Å². The number of benzene rings is 3. The third kappa shape index (κ3) is 5.67. The predicted molar refractivity (Wildman–Crippen MR) is 129 cm³/mol. The van der Waals surface area contributed by atoms with E-state index >= 15 is 0 Å². The summed E-state index contributed by atoms with van der Waals surface area (Å²) in [4.78, 5) is 15.6. The summed E-state index contributed by atoms with van der Waals surface area (Å²) in [6.45, 7) is 0. The average Bonchev–Trinajstić information content (AvgIpc) is 3.16. The van der Waals surface area contributed by atoms with Gasteiger partial charge in [0.25, 0.3) is 10.0 Å². The van der Waals surface area contributed by atoms with Crippen molar-refractivity contribution in [2.45, 2.75) is 20.3 Å².